The topological polar surface area (TPSA) is 80.6 Å². The van der Waals surface area contributed by atoms with E-state index in [2.05, 4.69) is 10.2 Å². The molecule has 0 bridgehead atoms. The second-order valence-electron chi connectivity index (χ2n) is 6.01. The van der Waals surface area contributed by atoms with Crippen LogP contribution < -0.4 is 4.74 Å². The third-order valence-electron chi connectivity index (χ3n) is 4.57. The predicted molar refractivity (Wildman–Crippen MR) is 94.0 cm³/mol. The van der Waals surface area contributed by atoms with E-state index >= 15 is 0 Å². The van der Waals surface area contributed by atoms with Crippen LogP contribution in [0, 0.1) is 0 Å². The Balaban J connectivity index is 1.85. The summed E-state index contributed by atoms with van der Waals surface area (Å²) in [5.41, 5.74) is 2.89. The molecular weight excluding hydrogens is 334 g/mol. The molecule has 0 aliphatic carbocycles. The van der Waals surface area contributed by atoms with E-state index in [1.165, 1.54) is 0 Å². The first-order chi connectivity index (χ1) is 12.7. The minimum atomic E-state index is -0.290. The quantitative estimate of drug-likeness (QED) is 0.737. The Bertz CT molecular complexity index is 917. The lowest BCUT2D eigenvalue weighted by Gasteiger charge is -2.26. The second kappa shape index (κ2) is 6.68. The number of ether oxygens (including phenoxy) is 2. The highest BCUT2D eigenvalue weighted by molar-refractivity contribution is 6.00. The number of methoxy groups -OCH3 is 2. The van der Waals surface area contributed by atoms with Crippen molar-refractivity contribution in [2.45, 2.75) is 6.04 Å². The second-order valence-corrected chi connectivity index (χ2v) is 6.01. The number of fused-ring (bicyclic) bond motifs is 1. The number of H-pyrrole nitrogens is 1. The van der Waals surface area contributed by atoms with Gasteiger partial charge in [0.25, 0.3) is 5.91 Å². The van der Waals surface area contributed by atoms with E-state index in [9.17, 15) is 4.79 Å². The molecule has 134 valence electrons. The normalized spacial score (nSPS) is 16.2. The molecule has 1 aliphatic rings. The summed E-state index contributed by atoms with van der Waals surface area (Å²) in [7, 11) is 3.24. The lowest BCUT2D eigenvalue weighted by Crippen LogP contribution is -2.32. The molecule has 3 aromatic rings. The number of rotatable bonds is 6. The molecule has 0 spiro atoms. The van der Waals surface area contributed by atoms with Crippen LogP contribution >= 0.6 is 0 Å². The Morgan fingerprint density at radius 3 is 2.88 bits per heavy atom. The van der Waals surface area contributed by atoms with Crippen LogP contribution in [0.25, 0.3) is 11.5 Å². The summed E-state index contributed by atoms with van der Waals surface area (Å²) < 4.78 is 16.1. The van der Waals surface area contributed by atoms with Gasteiger partial charge in [-0.15, -0.1) is 0 Å². The van der Waals surface area contributed by atoms with E-state index < -0.39 is 0 Å². The van der Waals surface area contributed by atoms with E-state index in [0.29, 0.717) is 30.3 Å². The number of hydrogen-bond donors (Lipinski definition) is 1. The number of furan rings is 1. The third kappa shape index (κ3) is 2.57. The van der Waals surface area contributed by atoms with Gasteiger partial charge in [0.05, 0.1) is 26.0 Å². The number of hydrogen-bond acceptors (Lipinski definition) is 5. The smallest absolute Gasteiger partial charge is 0.275 e. The zero-order valence-electron chi connectivity index (χ0n) is 14.6. The van der Waals surface area contributed by atoms with Gasteiger partial charge >= 0.3 is 0 Å². The van der Waals surface area contributed by atoms with Gasteiger partial charge in [-0.05, 0) is 29.8 Å². The van der Waals surface area contributed by atoms with E-state index in [1.807, 2.05) is 36.4 Å². The average molecular weight is 353 g/mol. The number of carbonyl (C=O) groups excluding carboxylic acids is 1. The Labute approximate surface area is 150 Å². The maximum atomic E-state index is 12.9. The van der Waals surface area contributed by atoms with Crippen molar-refractivity contribution < 1.29 is 18.7 Å². The molecule has 1 aliphatic heterocycles. The molecule has 1 amide bonds. The van der Waals surface area contributed by atoms with E-state index in [1.54, 1.807) is 25.4 Å². The van der Waals surface area contributed by atoms with Crippen molar-refractivity contribution in [3.63, 3.8) is 0 Å². The van der Waals surface area contributed by atoms with Gasteiger partial charge in [0.2, 0.25) is 0 Å². The summed E-state index contributed by atoms with van der Waals surface area (Å²) in [4.78, 5) is 14.7. The van der Waals surface area contributed by atoms with Crippen LogP contribution in [0.15, 0.2) is 47.1 Å². The van der Waals surface area contributed by atoms with Crippen LogP contribution in [0.2, 0.25) is 0 Å². The van der Waals surface area contributed by atoms with Crippen LogP contribution in [-0.2, 0) is 4.74 Å². The van der Waals surface area contributed by atoms with Gasteiger partial charge in [-0.3, -0.25) is 9.89 Å². The van der Waals surface area contributed by atoms with Crippen molar-refractivity contribution in [1.82, 2.24) is 15.1 Å². The fraction of sp³-hybridized carbons (Fsp3) is 0.263. The van der Waals surface area contributed by atoms with Gasteiger partial charge in [0.1, 0.15) is 11.4 Å². The average Bonchev–Trinajstić information content (AvgIpc) is 3.38. The first-order valence-corrected chi connectivity index (χ1v) is 8.30. The van der Waals surface area contributed by atoms with Crippen molar-refractivity contribution in [2.75, 3.05) is 27.4 Å². The molecule has 0 unspecified atom stereocenters. The van der Waals surface area contributed by atoms with E-state index in [-0.39, 0.29) is 11.9 Å². The number of carbonyl (C=O) groups is 1. The van der Waals surface area contributed by atoms with Crippen molar-refractivity contribution in [3.05, 3.63) is 59.5 Å². The van der Waals surface area contributed by atoms with Crippen LogP contribution in [-0.4, -0.2) is 48.4 Å². The monoisotopic (exact) mass is 353 g/mol. The molecule has 2 aromatic heterocycles. The van der Waals surface area contributed by atoms with Crippen molar-refractivity contribution in [3.8, 4) is 17.2 Å². The Hall–Kier alpha value is -3.06. The molecule has 3 heterocycles. The number of benzene rings is 1. The number of amides is 1. The molecule has 1 atom stereocenters. The Morgan fingerprint density at radius 2 is 2.15 bits per heavy atom. The minimum Gasteiger partial charge on any atom is -0.497 e. The molecule has 7 nitrogen and oxygen atoms in total. The van der Waals surface area contributed by atoms with E-state index in [4.69, 9.17) is 13.9 Å². The first kappa shape index (κ1) is 16.4. The summed E-state index contributed by atoms with van der Waals surface area (Å²) in [5, 5.41) is 7.22. The molecule has 7 heteroatoms. The minimum absolute atomic E-state index is 0.126. The number of nitrogens with one attached hydrogen (secondary N) is 1. The molecule has 0 radical (unpaired) electrons. The van der Waals surface area contributed by atoms with Crippen molar-refractivity contribution in [1.29, 1.82) is 0 Å². The molecule has 1 aromatic carbocycles. The number of aromatic amines is 1. The molecule has 4 rings (SSSR count). The van der Waals surface area contributed by atoms with Crippen LogP contribution in [0.1, 0.15) is 27.7 Å². The van der Waals surface area contributed by atoms with E-state index in [0.717, 1.165) is 16.9 Å². The van der Waals surface area contributed by atoms with Gasteiger partial charge < -0.3 is 18.8 Å². The first-order valence-electron chi connectivity index (χ1n) is 8.30. The predicted octanol–water partition coefficient (Wildman–Crippen LogP) is 2.87. The Morgan fingerprint density at radius 1 is 1.27 bits per heavy atom. The maximum absolute atomic E-state index is 12.9. The third-order valence-corrected chi connectivity index (χ3v) is 4.57. The van der Waals surface area contributed by atoms with Crippen LogP contribution in [0.4, 0.5) is 0 Å². The zero-order valence-corrected chi connectivity index (χ0v) is 14.6. The summed E-state index contributed by atoms with van der Waals surface area (Å²) in [6.07, 6.45) is 1.60. The largest absolute Gasteiger partial charge is 0.497 e. The molecule has 1 N–H and O–H groups in total. The summed E-state index contributed by atoms with van der Waals surface area (Å²) in [6, 6.07) is 11.1. The SMILES string of the molecule is COCCN1C(=O)c2n[nH]c(-c3ccco3)c2[C@@H]1c1cccc(OC)c1. The fourth-order valence-corrected chi connectivity index (χ4v) is 3.38. The number of aromatic nitrogens is 2. The highest BCUT2D eigenvalue weighted by atomic mass is 16.5. The molecule has 0 saturated heterocycles. The van der Waals surface area contributed by atoms with Gasteiger partial charge in [-0.25, -0.2) is 0 Å². The zero-order chi connectivity index (χ0) is 18.1. The Kier molecular flexibility index (Phi) is 4.22. The van der Waals surface area contributed by atoms with Crippen LogP contribution in [0.3, 0.4) is 0 Å². The molecule has 0 fully saturated rings. The standard InChI is InChI=1S/C19H19N3O4/c1-24-10-8-22-18(12-5-3-6-13(11-12)25-2)15-16(14-7-4-9-26-14)20-21-17(15)19(22)23/h3-7,9,11,18H,8,10H2,1-2H3,(H,20,21)/t18-/m0/s1. The van der Waals surface area contributed by atoms with Gasteiger partial charge in [-0.1, -0.05) is 12.1 Å². The molecule has 26 heavy (non-hydrogen) atoms. The summed E-state index contributed by atoms with van der Waals surface area (Å²) in [6.45, 7) is 0.904. The molecular formula is C19H19N3O4. The van der Waals surface area contributed by atoms with Gasteiger partial charge in [-0.2, -0.15) is 5.10 Å². The summed E-state index contributed by atoms with van der Waals surface area (Å²) >= 11 is 0. The lowest BCUT2D eigenvalue weighted by molar-refractivity contribution is 0.0677. The van der Waals surface area contributed by atoms with Gasteiger partial charge in [0.15, 0.2) is 11.5 Å². The van der Waals surface area contributed by atoms with Crippen LogP contribution in [0.5, 0.6) is 5.75 Å². The number of nitrogens with zero attached hydrogens (tertiary/aromatic N) is 2. The summed E-state index contributed by atoms with van der Waals surface area (Å²) in [5.74, 6) is 1.25. The highest BCUT2D eigenvalue weighted by Gasteiger charge is 2.42. The van der Waals surface area contributed by atoms with Gasteiger partial charge in [0, 0.05) is 19.2 Å². The highest BCUT2D eigenvalue weighted by Crippen LogP contribution is 2.43. The lowest BCUT2D eigenvalue weighted by atomic mass is 9.98. The van der Waals surface area contributed by atoms with Crippen molar-refractivity contribution in [2.24, 2.45) is 0 Å². The van der Waals surface area contributed by atoms with Crippen molar-refractivity contribution >= 4 is 5.91 Å². The maximum Gasteiger partial charge on any atom is 0.275 e. The molecule has 0 saturated carbocycles. The fourth-order valence-electron chi connectivity index (χ4n) is 3.38.